The number of ether oxygens (including phenoxy) is 1. The fourth-order valence-electron chi connectivity index (χ4n) is 2.21. The van der Waals surface area contributed by atoms with E-state index in [9.17, 15) is 13.2 Å². The minimum Gasteiger partial charge on any atom is -0.378 e. The first kappa shape index (κ1) is 16.9. The Morgan fingerprint density at radius 3 is 2.73 bits per heavy atom. The first-order chi connectivity index (χ1) is 10.5. The second kappa shape index (κ2) is 7.71. The molecule has 1 N–H and O–H groups in total. The summed E-state index contributed by atoms with van der Waals surface area (Å²) in [5.74, 6) is -0.158. The predicted molar refractivity (Wildman–Crippen MR) is 83.3 cm³/mol. The van der Waals surface area contributed by atoms with Gasteiger partial charge in [-0.3, -0.25) is 4.79 Å². The lowest BCUT2D eigenvalue weighted by molar-refractivity contribution is 0.0302. The van der Waals surface area contributed by atoms with E-state index < -0.39 is 10.0 Å². The zero-order valence-corrected chi connectivity index (χ0v) is 13.6. The van der Waals surface area contributed by atoms with Crippen molar-refractivity contribution in [3.05, 3.63) is 29.8 Å². The molecule has 0 saturated carbocycles. The molecule has 7 heteroatoms. The van der Waals surface area contributed by atoms with Crippen molar-refractivity contribution in [2.45, 2.75) is 24.7 Å². The molecule has 0 spiro atoms. The lowest BCUT2D eigenvalue weighted by Gasteiger charge is -2.27. The van der Waals surface area contributed by atoms with Crippen molar-refractivity contribution in [2.24, 2.45) is 0 Å². The Morgan fingerprint density at radius 1 is 1.32 bits per heavy atom. The van der Waals surface area contributed by atoms with Crippen LogP contribution in [0.2, 0.25) is 0 Å². The molecule has 0 unspecified atom stereocenters. The van der Waals surface area contributed by atoms with Crippen molar-refractivity contribution >= 4 is 15.9 Å². The van der Waals surface area contributed by atoms with Crippen molar-refractivity contribution in [2.75, 3.05) is 32.8 Å². The molecule has 0 radical (unpaired) electrons. The van der Waals surface area contributed by atoms with E-state index in [-0.39, 0.29) is 10.8 Å². The van der Waals surface area contributed by atoms with Gasteiger partial charge in [-0.15, -0.1) is 0 Å². The van der Waals surface area contributed by atoms with E-state index >= 15 is 0 Å². The van der Waals surface area contributed by atoms with Crippen molar-refractivity contribution < 1.29 is 17.9 Å². The van der Waals surface area contributed by atoms with Crippen LogP contribution in [0.25, 0.3) is 0 Å². The highest BCUT2D eigenvalue weighted by atomic mass is 32.2. The van der Waals surface area contributed by atoms with Crippen LogP contribution in [0.15, 0.2) is 29.2 Å². The monoisotopic (exact) mass is 326 g/mol. The van der Waals surface area contributed by atoms with Crippen LogP contribution in [-0.4, -0.2) is 52.1 Å². The van der Waals surface area contributed by atoms with Crippen molar-refractivity contribution in [1.29, 1.82) is 0 Å². The number of carbonyl (C=O) groups is 1. The van der Waals surface area contributed by atoms with Crippen LogP contribution in [0, 0.1) is 0 Å². The van der Waals surface area contributed by atoms with E-state index in [0.29, 0.717) is 38.4 Å². The second-order valence-electron chi connectivity index (χ2n) is 5.18. The lowest BCUT2D eigenvalue weighted by Crippen LogP contribution is -2.40. The Balaban J connectivity index is 2.13. The number of unbranched alkanes of at least 4 members (excludes halogenated alkanes) is 1. The number of hydrogen-bond acceptors (Lipinski definition) is 4. The highest BCUT2D eigenvalue weighted by Crippen LogP contribution is 2.14. The summed E-state index contributed by atoms with van der Waals surface area (Å²) in [5.41, 5.74) is 0.389. The minimum absolute atomic E-state index is 0.128. The van der Waals surface area contributed by atoms with Gasteiger partial charge in [0.1, 0.15) is 0 Å². The molecule has 1 aromatic carbocycles. The van der Waals surface area contributed by atoms with Crippen LogP contribution in [0.5, 0.6) is 0 Å². The molecule has 0 atom stereocenters. The van der Waals surface area contributed by atoms with Crippen LogP contribution in [0.1, 0.15) is 30.1 Å². The van der Waals surface area contributed by atoms with Crippen LogP contribution in [0.4, 0.5) is 0 Å². The number of sulfonamides is 1. The topological polar surface area (TPSA) is 75.7 Å². The molecule has 1 fully saturated rings. The largest absolute Gasteiger partial charge is 0.378 e. The number of hydrogen-bond donors (Lipinski definition) is 1. The smallest absolute Gasteiger partial charge is 0.254 e. The Bertz CT molecular complexity index is 610. The molecule has 22 heavy (non-hydrogen) atoms. The summed E-state index contributed by atoms with van der Waals surface area (Å²) >= 11 is 0. The minimum atomic E-state index is -3.56. The van der Waals surface area contributed by atoms with Crippen molar-refractivity contribution in [3.8, 4) is 0 Å². The summed E-state index contributed by atoms with van der Waals surface area (Å²) in [5, 5.41) is 0. The highest BCUT2D eigenvalue weighted by Gasteiger charge is 2.21. The van der Waals surface area contributed by atoms with Crippen LogP contribution in [-0.2, 0) is 14.8 Å². The maximum atomic E-state index is 12.4. The molecule has 0 aromatic heterocycles. The standard InChI is InChI=1S/C15H22N2O4S/c1-2-3-7-16-22(19,20)14-6-4-5-13(12-14)15(18)17-8-10-21-11-9-17/h4-6,12,16H,2-3,7-11H2,1H3. The van der Waals surface area contributed by atoms with Gasteiger partial charge in [0.05, 0.1) is 18.1 Å². The lowest BCUT2D eigenvalue weighted by atomic mass is 10.2. The first-order valence-electron chi connectivity index (χ1n) is 7.51. The van der Waals surface area contributed by atoms with E-state index in [4.69, 9.17) is 4.74 Å². The molecule has 1 amide bonds. The zero-order chi connectivity index (χ0) is 16.0. The normalized spacial score (nSPS) is 15.8. The molecule has 2 rings (SSSR count). The van der Waals surface area contributed by atoms with E-state index in [1.54, 1.807) is 17.0 Å². The number of amides is 1. The molecular formula is C15H22N2O4S. The van der Waals surface area contributed by atoms with E-state index in [2.05, 4.69) is 4.72 Å². The predicted octanol–water partition coefficient (Wildman–Crippen LogP) is 1.24. The molecule has 1 aliphatic rings. The number of benzene rings is 1. The molecule has 6 nitrogen and oxygen atoms in total. The maximum Gasteiger partial charge on any atom is 0.254 e. The van der Waals surface area contributed by atoms with Crippen LogP contribution >= 0.6 is 0 Å². The Labute approximate surface area is 131 Å². The van der Waals surface area contributed by atoms with Gasteiger partial charge in [-0.2, -0.15) is 0 Å². The fourth-order valence-corrected chi connectivity index (χ4v) is 3.33. The number of nitrogens with one attached hydrogen (secondary N) is 1. The molecule has 0 bridgehead atoms. The van der Waals surface area contributed by atoms with E-state index in [1.165, 1.54) is 12.1 Å². The van der Waals surface area contributed by atoms with Gasteiger partial charge in [-0.1, -0.05) is 19.4 Å². The summed E-state index contributed by atoms with van der Waals surface area (Å²) in [7, 11) is -3.56. The molecule has 1 saturated heterocycles. The summed E-state index contributed by atoms with van der Waals surface area (Å²) in [6.07, 6.45) is 1.70. The summed E-state index contributed by atoms with van der Waals surface area (Å²) in [6, 6.07) is 6.18. The van der Waals surface area contributed by atoms with Crippen molar-refractivity contribution in [1.82, 2.24) is 9.62 Å². The van der Waals surface area contributed by atoms with Gasteiger partial charge in [0.2, 0.25) is 10.0 Å². The molecule has 122 valence electrons. The highest BCUT2D eigenvalue weighted by molar-refractivity contribution is 7.89. The molecule has 1 heterocycles. The van der Waals surface area contributed by atoms with E-state index in [0.717, 1.165) is 12.8 Å². The van der Waals surface area contributed by atoms with Gasteiger partial charge in [0.25, 0.3) is 5.91 Å². The second-order valence-corrected chi connectivity index (χ2v) is 6.95. The molecular weight excluding hydrogens is 304 g/mol. The molecule has 1 aliphatic heterocycles. The van der Waals surface area contributed by atoms with Crippen LogP contribution in [0.3, 0.4) is 0 Å². The summed E-state index contributed by atoms with van der Waals surface area (Å²) < 4.78 is 32.2. The summed E-state index contributed by atoms with van der Waals surface area (Å²) in [6.45, 7) is 4.50. The Hall–Kier alpha value is -1.44. The van der Waals surface area contributed by atoms with Crippen molar-refractivity contribution in [3.63, 3.8) is 0 Å². The van der Waals surface area contributed by atoms with Crippen LogP contribution < -0.4 is 4.72 Å². The SMILES string of the molecule is CCCCNS(=O)(=O)c1cccc(C(=O)N2CCOCC2)c1. The third-order valence-electron chi connectivity index (χ3n) is 3.51. The van der Waals surface area contributed by atoms with Gasteiger partial charge in [-0.25, -0.2) is 13.1 Å². The van der Waals surface area contributed by atoms with Gasteiger partial charge >= 0.3 is 0 Å². The Kier molecular flexibility index (Phi) is 5.93. The maximum absolute atomic E-state index is 12.4. The van der Waals surface area contributed by atoms with Gasteiger partial charge in [0, 0.05) is 25.2 Å². The Morgan fingerprint density at radius 2 is 2.05 bits per heavy atom. The fraction of sp³-hybridized carbons (Fsp3) is 0.533. The average molecular weight is 326 g/mol. The van der Waals surface area contributed by atoms with Gasteiger partial charge in [-0.05, 0) is 24.6 Å². The third-order valence-corrected chi connectivity index (χ3v) is 4.97. The number of nitrogens with zero attached hydrogens (tertiary/aromatic N) is 1. The van der Waals surface area contributed by atoms with E-state index in [1.807, 2.05) is 6.92 Å². The average Bonchev–Trinajstić information content (AvgIpc) is 2.55. The first-order valence-corrected chi connectivity index (χ1v) is 8.99. The van der Waals surface area contributed by atoms with Gasteiger partial charge < -0.3 is 9.64 Å². The third kappa shape index (κ3) is 4.28. The number of carbonyl (C=O) groups excluding carboxylic acids is 1. The summed E-state index contributed by atoms with van der Waals surface area (Å²) in [4.78, 5) is 14.2. The molecule has 1 aromatic rings. The zero-order valence-electron chi connectivity index (χ0n) is 12.7. The number of rotatable bonds is 6. The van der Waals surface area contributed by atoms with Gasteiger partial charge in [0.15, 0.2) is 0 Å². The molecule has 0 aliphatic carbocycles. The quantitative estimate of drug-likeness (QED) is 0.798. The number of morpholine rings is 1.